The van der Waals surface area contributed by atoms with Crippen molar-refractivity contribution in [1.29, 1.82) is 0 Å². The van der Waals surface area contributed by atoms with Crippen LogP contribution in [-0.2, 0) is 6.54 Å². The first-order valence-electron chi connectivity index (χ1n) is 6.43. The van der Waals surface area contributed by atoms with Crippen molar-refractivity contribution in [3.63, 3.8) is 0 Å². The molecular formula is C14H10ClF2N4OS+. The minimum absolute atomic E-state index is 0.0708. The van der Waals surface area contributed by atoms with E-state index in [0.29, 0.717) is 21.2 Å². The van der Waals surface area contributed by atoms with Crippen molar-refractivity contribution < 1.29 is 20.4 Å². The summed E-state index contributed by atoms with van der Waals surface area (Å²) < 4.78 is 30.2. The third-order valence-electron chi connectivity index (χ3n) is 2.98. The first-order chi connectivity index (χ1) is 11.0. The second kappa shape index (κ2) is 6.43. The smallest absolute Gasteiger partial charge is 0.263 e. The Morgan fingerprint density at radius 3 is 2.78 bits per heavy atom. The van der Waals surface area contributed by atoms with Crippen molar-refractivity contribution in [3.8, 4) is 0 Å². The molecule has 0 radical (unpaired) electrons. The summed E-state index contributed by atoms with van der Waals surface area (Å²) in [4.78, 5) is 20.6. The maximum Gasteiger partial charge on any atom is 0.337 e. The third kappa shape index (κ3) is 3.54. The van der Waals surface area contributed by atoms with Gasteiger partial charge in [0.15, 0.2) is 23.2 Å². The average Bonchev–Trinajstić information content (AvgIpc) is 2.86. The van der Waals surface area contributed by atoms with Crippen LogP contribution >= 0.6 is 11.5 Å². The minimum Gasteiger partial charge on any atom is -0.263 e. The van der Waals surface area contributed by atoms with E-state index in [1.54, 1.807) is 12.1 Å². The number of hydrogen-bond acceptors (Lipinski definition) is 4. The predicted octanol–water partition coefficient (Wildman–Crippen LogP) is 1.89. The first kappa shape index (κ1) is 15.6. The number of halogens is 3. The highest BCUT2D eigenvalue weighted by Crippen LogP contribution is 2.11. The van der Waals surface area contributed by atoms with E-state index in [1.807, 2.05) is 0 Å². The van der Waals surface area contributed by atoms with Crippen LogP contribution in [0.2, 0.25) is 5.15 Å². The number of hydrogen-bond donors (Lipinski definition) is 1. The lowest BCUT2D eigenvalue weighted by Gasteiger charge is -2.02. The average molecular weight is 356 g/mol. The Bertz CT molecular complexity index is 962. The Labute approximate surface area is 137 Å². The molecule has 5 nitrogen and oxygen atoms in total. The zero-order valence-corrected chi connectivity index (χ0v) is 13.1. The highest BCUT2D eigenvalue weighted by Gasteiger charge is 2.07. The lowest BCUT2D eigenvalue weighted by atomic mass is 10.2. The Balaban J connectivity index is 2.00. The standard InChI is InChI=1S/C14H9ClF2N4OS/c15-12-4-2-9(6-18-12)19-14-21(13(22)20-23-14)7-8-1-3-10(16)11(17)5-8/h1-6,15H,7H2/p+1. The van der Waals surface area contributed by atoms with Gasteiger partial charge in [-0.1, -0.05) is 6.07 Å². The molecule has 1 aromatic carbocycles. The summed E-state index contributed by atoms with van der Waals surface area (Å²) >= 11 is 5.94. The molecule has 0 bridgehead atoms. The molecule has 0 saturated heterocycles. The maximum atomic E-state index is 13.3. The number of aromatic amines is 1. The molecule has 0 atom stereocenters. The molecule has 2 aromatic heterocycles. The molecule has 23 heavy (non-hydrogen) atoms. The summed E-state index contributed by atoms with van der Waals surface area (Å²) in [6, 6.07) is 6.80. The number of H-pyrrole nitrogens is 1. The van der Waals surface area contributed by atoms with Gasteiger partial charge in [-0.25, -0.2) is 18.6 Å². The van der Waals surface area contributed by atoms with Gasteiger partial charge in [0.05, 0.1) is 18.4 Å². The molecule has 9 heteroatoms. The quantitative estimate of drug-likeness (QED) is 0.729. The zero-order valence-electron chi connectivity index (χ0n) is 11.5. The summed E-state index contributed by atoms with van der Waals surface area (Å²) in [5.74, 6) is -1.89. The lowest BCUT2D eigenvalue weighted by molar-refractivity contribution is -0.296. The van der Waals surface area contributed by atoms with Crippen LogP contribution in [0.4, 0.5) is 14.5 Å². The van der Waals surface area contributed by atoms with Crippen LogP contribution in [0, 0.1) is 23.2 Å². The van der Waals surface area contributed by atoms with E-state index in [4.69, 9.17) is 11.6 Å². The SMILES string of the molecule is O=c1[nH]sc(=Nc2ccc([ClH+])nc2)n1Cc1ccc(F)c(F)c1. The van der Waals surface area contributed by atoms with E-state index >= 15 is 0 Å². The fourth-order valence-corrected chi connectivity index (χ4v) is 2.70. The number of benzene rings is 1. The van der Waals surface area contributed by atoms with Crippen molar-refractivity contribution in [3.05, 3.63) is 74.2 Å². The molecule has 2 heterocycles. The number of nitrogens with zero attached hydrogens (tertiary/aromatic N) is 3. The molecule has 0 saturated carbocycles. The number of rotatable bonds is 3. The van der Waals surface area contributed by atoms with Crippen LogP contribution in [0.3, 0.4) is 0 Å². The van der Waals surface area contributed by atoms with Gasteiger partial charge < -0.3 is 0 Å². The van der Waals surface area contributed by atoms with Crippen molar-refractivity contribution in [2.75, 3.05) is 0 Å². The van der Waals surface area contributed by atoms with Gasteiger partial charge >= 0.3 is 10.8 Å². The minimum atomic E-state index is -0.960. The number of aromatic nitrogens is 3. The molecule has 3 aromatic rings. The van der Waals surface area contributed by atoms with E-state index in [1.165, 1.54) is 16.8 Å². The molecule has 0 spiro atoms. The largest absolute Gasteiger partial charge is 0.337 e. The second-order valence-electron chi connectivity index (χ2n) is 4.59. The number of nitrogens with one attached hydrogen (secondary N) is 1. The van der Waals surface area contributed by atoms with Gasteiger partial charge in [-0.05, 0) is 35.3 Å². The van der Waals surface area contributed by atoms with Gasteiger partial charge in [-0.3, -0.25) is 8.94 Å². The highest BCUT2D eigenvalue weighted by atomic mass is 35.5. The normalized spacial score (nSPS) is 11.9. The van der Waals surface area contributed by atoms with E-state index in [2.05, 4.69) is 14.3 Å². The number of pyridine rings is 1. The molecule has 3 rings (SSSR count). The molecule has 0 aliphatic heterocycles. The summed E-state index contributed by atoms with van der Waals surface area (Å²) in [5.41, 5.74) is 0.604. The Kier molecular flexibility index (Phi) is 4.35. The van der Waals surface area contributed by atoms with Gasteiger partial charge in [-0.2, -0.15) is 4.98 Å². The summed E-state index contributed by atoms with van der Waals surface area (Å²) in [7, 11) is 0. The molecule has 0 aliphatic rings. The fourth-order valence-electron chi connectivity index (χ4n) is 1.88. The Morgan fingerprint density at radius 1 is 1.26 bits per heavy atom. The van der Waals surface area contributed by atoms with Crippen LogP contribution in [0.5, 0.6) is 0 Å². The third-order valence-corrected chi connectivity index (χ3v) is 3.99. The molecule has 0 amide bonds. The van der Waals surface area contributed by atoms with Crippen molar-refractivity contribution in [2.45, 2.75) is 6.54 Å². The van der Waals surface area contributed by atoms with Crippen LogP contribution < -0.4 is 10.5 Å². The first-order valence-corrected chi connectivity index (χ1v) is 7.65. The molecule has 0 unspecified atom stereocenters. The van der Waals surface area contributed by atoms with E-state index in [9.17, 15) is 13.6 Å². The Hall–Kier alpha value is -2.32. The fraction of sp³-hybridized carbons (Fsp3) is 0.0714. The summed E-state index contributed by atoms with van der Waals surface area (Å²) in [5, 5.41) is 0.445. The van der Waals surface area contributed by atoms with Crippen LogP contribution in [0.25, 0.3) is 0 Å². The summed E-state index contributed by atoms with van der Waals surface area (Å²) in [6.07, 6.45) is 1.49. The summed E-state index contributed by atoms with van der Waals surface area (Å²) in [6.45, 7) is 0.0708. The molecular weight excluding hydrogens is 346 g/mol. The van der Waals surface area contributed by atoms with Crippen LogP contribution in [0.1, 0.15) is 5.56 Å². The molecule has 0 fully saturated rings. The lowest BCUT2D eigenvalue weighted by Crippen LogP contribution is -2.27. The predicted molar refractivity (Wildman–Crippen MR) is 78.4 cm³/mol. The van der Waals surface area contributed by atoms with Gasteiger partial charge in [0.25, 0.3) is 0 Å². The molecule has 118 valence electrons. The molecule has 1 N–H and O–H groups in total. The van der Waals surface area contributed by atoms with E-state index in [0.717, 1.165) is 23.7 Å². The molecule has 0 aliphatic carbocycles. The van der Waals surface area contributed by atoms with Gasteiger partial charge in [-0.15, -0.1) is 0 Å². The highest BCUT2D eigenvalue weighted by molar-refractivity contribution is 7.02. The van der Waals surface area contributed by atoms with Crippen LogP contribution in [-0.4, -0.2) is 13.9 Å². The van der Waals surface area contributed by atoms with Gasteiger partial charge in [0.2, 0.25) is 4.80 Å². The van der Waals surface area contributed by atoms with E-state index < -0.39 is 11.6 Å². The van der Waals surface area contributed by atoms with Gasteiger partial charge in [0, 0.05) is 6.07 Å². The van der Waals surface area contributed by atoms with Gasteiger partial charge in [0.1, 0.15) is 0 Å². The topological polar surface area (TPSA) is 63.0 Å². The van der Waals surface area contributed by atoms with Crippen molar-refractivity contribution in [2.24, 2.45) is 4.99 Å². The van der Waals surface area contributed by atoms with Crippen molar-refractivity contribution >= 4 is 17.2 Å². The second-order valence-corrected chi connectivity index (χ2v) is 5.78. The monoisotopic (exact) mass is 355 g/mol. The van der Waals surface area contributed by atoms with Crippen molar-refractivity contribution in [1.82, 2.24) is 13.9 Å². The van der Waals surface area contributed by atoms with E-state index in [-0.39, 0.29) is 12.2 Å². The Morgan fingerprint density at radius 2 is 2.09 bits per heavy atom. The zero-order chi connectivity index (χ0) is 16.4. The van der Waals surface area contributed by atoms with Crippen LogP contribution in [0.15, 0.2) is 46.3 Å². The maximum absolute atomic E-state index is 13.3.